The van der Waals surface area contributed by atoms with E-state index in [0.29, 0.717) is 31.6 Å². The van der Waals surface area contributed by atoms with Gasteiger partial charge in [-0.2, -0.15) is 13.2 Å². The number of carbonyl (C=O) groups excluding carboxylic acids is 2. The highest BCUT2D eigenvalue weighted by Crippen LogP contribution is 2.35. The molecule has 1 aromatic heterocycles. The molecule has 0 aliphatic carbocycles. The van der Waals surface area contributed by atoms with Gasteiger partial charge in [-0.1, -0.05) is 0 Å². The van der Waals surface area contributed by atoms with E-state index >= 15 is 0 Å². The fourth-order valence-electron chi connectivity index (χ4n) is 3.34. The number of hydrogen-bond acceptors (Lipinski definition) is 4. The number of anilines is 2. The summed E-state index contributed by atoms with van der Waals surface area (Å²) < 4.78 is 44.3. The van der Waals surface area contributed by atoms with E-state index in [0.717, 1.165) is 12.1 Å². The Kier molecular flexibility index (Phi) is 5.86. The summed E-state index contributed by atoms with van der Waals surface area (Å²) in [6.45, 7) is 0.751. The molecule has 156 valence electrons. The first-order chi connectivity index (χ1) is 13.7. The molecule has 0 radical (unpaired) electrons. The second-order valence-electron chi connectivity index (χ2n) is 7.16. The van der Waals surface area contributed by atoms with Crippen molar-refractivity contribution in [1.82, 2.24) is 4.90 Å². The van der Waals surface area contributed by atoms with Crippen molar-refractivity contribution >= 4 is 23.2 Å². The van der Waals surface area contributed by atoms with Crippen LogP contribution in [-0.2, 0) is 11.0 Å². The third-order valence-electron chi connectivity index (χ3n) is 4.95. The number of nitrogens with one attached hydrogen (secondary N) is 1. The van der Waals surface area contributed by atoms with Crippen molar-refractivity contribution in [3.63, 3.8) is 0 Å². The van der Waals surface area contributed by atoms with Crippen LogP contribution in [-0.4, -0.2) is 43.9 Å². The normalized spacial score (nSPS) is 15.3. The SMILES string of the molecule is CN(C)c1ccc(C(F)(F)F)cc1NC(=O)C1CCN(C(=O)c2ccco2)CC1. The second kappa shape index (κ2) is 8.18. The molecule has 1 aliphatic rings. The predicted octanol–water partition coefficient (Wildman–Crippen LogP) is 3.86. The van der Waals surface area contributed by atoms with E-state index in [1.807, 2.05) is 0 Å². The lowest BCUT2D eigenvalue weighted by atomic mass is 9.95. The highest BCUT2D eigenvalue weighted by Gasteiger charge is 2.32. The van der Waals surface area contributed by atoms with Crippen LogP contribution in [0.15, 0.2) is 41.0 Å². The van der Waals surface area contributed by atoms with E-state index in [1.165, 1.54) is 12.3 Å². The number of furan rings is 1. The molecule has 1 saturated heterocycles. The van der Waals surface area contributed by atoms with E-state index in [2.05, 4.69) is 5.32 Å². The Hall–Kier alpha value is -2.97. The average Bonchev–Trinajstić information content (AvgIpc) is 3.21. The minimum absolute atomic E-state index is 0.115. The van der Waals surface area contributed by atoms with Gasteiger partial charge in [0.1, 0.15) is 0 Å². The smallest absolute Gasteiger partial charge is 0.416 e. The number of carbonyl (C=O) groups is 2. The van der Waals surface area contributed by atoms with Gasteiger partial charge >= 0.3 is 6.18 Å². The minimum atomic E-state index is -4.50. The number of amides is 2. The quantitative estimate of drug-likeness (QED) is 0.833. The Morgan fingerprint density at radius 1 is 1.17 bits per heavy atom. The maximum absolute atomic E-state index is 13.1. The average molecular weight is 409 g/mol. The van der Waals surface area contributed by atoms with Gasteiger partial charge in [-0.05, 0) is 43.2 Å². The van der Waals surface area contributed by atoms with E-state index in [4.69, 9.17) is 4.42 Å². The van der Waals surface area contributed by atoms with E-state index in [1.54, 1.807) is 36.0 Å². The van der Waals surface area contributed by atoms with Gasteiger partial charge in [-0.25, -0.2) is 0 Å². The standard InChI is InChI=1S/C20H22F3N3O3/c1-25(2)16-6-5-14(20(21,22)23)12-15(16)24-18(27)13-7-9-26(10-8-13)19(28)17-4-3-11-29-17/h3-6,11-13H,7-10H2,1-2H3,(H,24,27). The number of nitrogens with zero attached hydrogens (tertiary/aromatic N) is 2. The van der Waals surface area contributed by atoms with E-state index in [-0.39, 0.29) is 29.2 Å². The Labute approximate surface area is 166 Å². The van der Waals surface area contributed by atoms with Crippen molar-refractivity contribution in [1.29, 1.82) is 0 Å². The summed E-state index contributed by atoms with van der Waals surface area (Å²) in [5.41, 5.74) is -0.224. The molecule has 0 atom stereocenters. The maximum atomic E-state index is 13.1. The molecule has 2 heterocycles. The van der Waals surface area contributed by atoms with Crippen LogP contribution in [0.3, 0.4) is 0 Å². The monoisotopic (exact) mass is 409 g/mol. The zero-order chi connectivity index (χ0) is 21.2. The molecule has 9 heteroatoms. The first kappa shape index (κ1) is 20.8. The first-order valence-corrected chi connectivity index (χ1v) is 9.19. The van der Waals surface area contributed by atoms with Crippen LogP contribution >= 0.6 is 0 Å². The van der Waals surface area contributed by atoms with Gasteiger partial charge in [0.25, 0.3) is 5.91 Å². The van der Waals surface area contributed by atoms with E-state index < -0.39 is 11.7 Å². The van der Waals surface area contributed by atoms with Gasteiger partial charge in [-0.15, -0.1) is 0 Å². The summed E-state index contributed by atoms with van der Waals surface area (Å²) >= 11 is 0. The van der Waals surface area contributed by atoms with Crippen molar-refractivity contribution in [3.05, 3.63) is 47.9 Å². The number of hydrogen-bond donors (Lipinski definition) is 1. The second-order valence-corrected chi connectivity index (χ2v) is 7.16. The fraction of sp³-hybridized carbons (Fsp3) is 0.400. The molecule has 2 aromatic rings. The highest BCUT2D eigenvalue weighted by molar-refractivity contribution is 5.96. The maximum Gasteiger partial charge on any atom is 0.416 e. The third-order valence-corrected chi connectivity index (χ3v) is 4.95. The molecule has 1 aliphatic heterocycles. The molecule has 0 saturated carbocycles. The lowest BCUT2D eigenvalue weighted by molar-refractivity contribution is -0.137. The molecule has 1 N–H and O–H groups in total. The zero-order valence-corrected chi connectivity index (χ0v) is 16.1. The van der Waals surface area contributed by atoms with Crippen LogP contribution in [0.5, 0.6) is 0 Å². The minimum Gasteiger partial charge on any atom is -0.459 e. The Morgan fingerprint density at radius 2 is 1.86 bits per heavy atom. The van der Waals surface area contributed by atoms with Crippen LogP contribution in [0, 0.1) is 5.92 Å². The number of halogens is 3. The summed E-state index contributed by atoms with van der Waals surface area (Å²) in [7, 11) is 3.38. The Balaban J connectivity index is 1.67. The van der Waals surface area contributed by atoms with Crippen LogP contribution in [0.4, 0.5) is 24.5 Å². The summed E-state index contributed by atoms with van der Waals surface area (Å²) in [4.78, 5) is 28.2. The zero-order valence-electron chi connectivity index (χ0n) is 16.1. The van der Waals surface area contributed by atoms with Crippen molar-refractivity contribution in [2.24, 2.45) is 5.92 Å². The van der Waals surface area contributed by atoms with Gasteiger partial charge in [-0.3, -0.25) is 9.59 Å². The molecule has 0 bridgehead atoms. The number of rotatable bonds is 4. The van der Waals surface area contributed by atoms with Crippen LogP contribution in [0.25, 0.3) is 0 Å². The van der Waals surface area contributed by atoms with Gasteiger partial charge < -0.3 is 19.5 Å². The van der Waals surface area contributed by atoms with Gasteiger partial charge in [0.15, 0.2) is 5.76 Å². The predicted molar refractivity (Wildman–Crippen MR) is 102 cm³/mol. The molecule has 2 amide bonds. The molecule has 0 unspecified atom stereocenters. The number of likely N-dealkylation sites (tertiary alicyclic amines) is 1. The van der Waals surface area contributed by atoms with Crippen molar-refractivity contribution in [2.75, 3.05) is 37.4 Å². The molecule has 1 aromatic carbocycles. The van der Waals surface area contributed by atoms with Gasteiger partial charge in [0, 0.05) is 33.1 Å². The summed E-state index contributed by atoms with van der Waals surface area (Å²) in [5.74, 6) is -0.730. The lowest BCUT2D eigenvalue weighted by Gasteiger charge is -2.31. The molecule has 6 nitrogen and oxygen atoms in total. The van der Waals surface area contributed by atoms with Crippen LogP contribution < -0.4 is 10.2 Å². The van der Waals surface area contributed by atoms with Crippen molar-refractivity contribution < 1.29 is 27.2 Å². The topological polar surface area (TPSA) is 65.8 Å². The number of benzene rings is 1. The van der Waals surface area contributed by atoms with Crippen molar-refractivity contribution in [2.45, 2.75) is 19.0 Å². The van der Waals surface area contributed by atoms with Gasteiger partial charge in [0.2, 0.25) is 5.91 Å². The molecule has 3 rings (SSSR count). The van der Waals surface area contributed by atoms with Crippen LogP contribution in [0.2, 0.25) is 0 Å². The summed E-state index contributed by atoms with van der Waals surface area (Å²) in [6, 6.07) is 6.48. The fourth-order valence-corrected chi connectivity index (χ4v) is 3.34. The summed E-state index contributed by atoms with van der Waals surface area (Å²) in [6.07, 6.45) is -2.23. The Bertz CT molecular complexity index is 871. The van der Waals surface area contributed by atoms with Crippen LogP contribution in [0.1, 0.15) is 29.0 Å². The number of piperidine rings is 1. The largest absolute Gasteiger partial charge is 0.459 e. The molecular weight excluding hydrogens is 387 g/mol. The lowest BCUT2D eigenvalue weighted by Crippen LogP contribution is -2.41. The number of alkyl halides is 3. The Morgan fingerprint density at radius 3 is 2.41 bits per heavy atom. The van der Waals surface area contributed by atoms with Gasteiger partial charge in [0.05, 0.1) is 23.2 Å². The molecule has 0 spiro atoms. The molecular formula is C20H22F3N3O3. The summed E-state index contributed by atoms with van der Waals surface area (Å²) in [5, 5.41) is 2.64. The van der Waals surface area contributed by atoms with E-state index in [9.17, 15) is 22.8 Å². The molecule has 1 fully saturated rings. The first-order valence-electron chi connectivity index (χ1n) is 9.19. The molecule has 29 heavy (non-hydrogen) atoms. The highest BCUT2D eigenvalue weighted by atomic mass is 19.4. The third kappa shape index (κ3) is 4.72. The van der Waals surface area contributed by atoms with Crippen molar-refractivity contribution in [3.8, 4) is 0 Å².